The first-order chi connectivity index (χ1) is 8.32. The summed E-state index contributed by atoms with van der Waals surface area (Å²) in [6.45, 7) is 6.68. The second-order valence-electron chi connectivity index (χ2n) is 5.38. The van der Waals surface area contributed by atoms with Crippen LogP contribution in [0, 0.1) is 0 Å². The highest BCUT2D eigenvalue weighted by Gasteiger charge is 2.34. The SMILES string of the molecule is CC(C)(C)N1CCc2c(cccc2[S+]([O-])Cl)C1=O. The van der Waals surface area contributed by atoms with Gasteiger partial charge in [0.2, 0.25) is 0 Å². The van der Waals surface area contributed by atoms with Gasteiger partial charge in [-0.3, -0.25) is 4.79 Å². The molecular weight excluding hydrogens is 270 g/mol. The smallest absolute Gasteiger partial charge is 0.254 e. The highest BCUT2D eigenvalue weighted by molar-refractivity contribution is 8.13. The van der Waals surface area contributed by atoms with Gasteiger partial charge in [-0.1, -0.05) is 6.07 Å². The Bertz CT molecular complexity index is 482. The quantitative estimate of drug-likeness (QED) is 0.745. The normalized spacial score (nSPS) is 17.6. The third-order valence-electron chi connectivity index (χ3n) is 3.18. The molecule has 1 aromatic carbocycles. The summed E-state index contributed by atoms with van der Waals surface area (Å²) in [6.07, 6.45) is 0.701. The van der Waals surface area contributed by atoms with Gasteiger partial charge in [0.1, 0.15) is 10.4 Å². The van der Waals surface area contributed by atoms with Crippen LogP contribution in [0.15, 0.2) is 23.1 Å². The molecule has 1 heterocycles. The van der Waals surface area contributed by atoms with E-state index in [9.17, 15) is 9.35 Å². The van der Waals surface area contributed by atoms with Gasteiger partial charge in [-0.05, 0) is 39.3 Å². The Hall–Kier alpha value is -0.710. The third kappa shape index (κ3) is 2.37. The first kappa shape index (κ1) is 13.7. The number of hydrogen-bond acceptors (Lipinski definition) is 2. The van der Waals surface area contributed by atoms with E-state index in [0.29, 0.717) is 23.4 Å². The van der Waals surface area contributed by atoms with E-state index in [2.05, 4.69) is 0 Å². The number of amides is 1. The summed E-state index contributed by atoms with van der Waals surface area (Å²) in [5, 5.41) is 0. The van der Waals surface area contributed by atoms with Crippen molar-refractivity contribution < 1.29 is 9.35 Å². The van der Waals surface area contributed by atoms with Crippen LogP contribution in [-0.2, 0) is 16.8 Å². The van der Waals surface area contributed by atoms with Gasteiger partial charge < -0.3 is 9.45 Å². The zero-order chi connectivity index (χ0) is 13.5. The first-order valence-corrected chi connectivity index (χ1v) is 7.82. The molecule has 1 amide bonds. The monoisotopic (exact) mass is 285 g/mol. The van der Waals surface area contributed by atoms with Crippen molar-refractivity contribution in [3.8, 4) is 0 Å². The lowest BCUT2D eigenvalue weighted by atomic mass is 9.94. The molecule has 1 aliphatic heterocycles. The number of carbonyl (C=O) groups is 1. The average molecular weight is 286 g/mol. The molecule has 2 rings (SSSR count). The Morgan fingerprint density at radius 1 is 1.39 bits per heavy atom. The molecule has 0 aliphatic carbocycles. The van der Waals surface area contributed by atoms with Crippen LogP contribution < -0.4 is 0 Å². The maximum absolute atomic E-state index is 12.4. The summed E-state index contributed by atoms with van der Waals surface area (Å²) < 4.78 is 11.5. The predicted octanol–water partition coefficient (Wildman–Crippen LogP) is 2.74. The van der Waals surface area contributed by atoms with Gasteiger partial charge in [0.05, 0.1) is 0 Å². The third-order valence-corrected chi connectivity index (χ3v) is 4.40. The van der Waals surface area contributed by atoms with Crippen molar-refractivity contribution in [1.29, 1.82) is 0 Å². The van der Waals surface area contributed by atoms with Crippen LogP contribution in [0.4, 0.5) is 0 Å². The minimum atomic E-state index is -1.56. The lowest BCUT2D eigenvalue weighted by Gasteiger charge is -2.39. The number of hydrogen-bond donors (Lipinski definition) is 0. The standard InChI is InChI=1S/C13H16ClNO2S/c1-13(2,3)15-8-7-9-10(12(15)16)5-4-6-11(9)18(14)17/h4-6H,7-8H2,1-3H3. The summed E-state index contributed by atoms with van der Waals surface area (Å²) in [7, 11) is 4.10. The van der Waals surface area contributed by atoms with Crippen LogP contribution in [0.2, 0.25) is 0 Å². The first-order valence-electron chi connectivity index (χ1n) is 5.84. The van der Waals surface area contributed by atoms with Crippen LogP contribution in [-0.4, -0.2) is 27.4 Å². The molecular formula is C13H16ClNO2S. The molecule has 1 aromatic rings. The summed E-state index contributed by atoms with van der Waals surface area (Å²) in [5.41, 5.74) is 1.25. The van der Waals surface area contributed by atoms with Gasteiger partial charge in [-0.25, -0.2) is 0 Å². The van der Waals surface area contributed by atoms with Crippen LogP contribution >= 0.6 is 10.7 Å². The molecule has 0 aromatic heterocycles. The summed E-state index contributed by atoms with van der Waals surface area (Å²) in [5.74, 6) is -0.00674. The molecule has 1 atom stereocenters. The van der Waals surface area contributed by atoms with E-state index in [4.69, 9.17) is 10.7 Å². The number of halogens is 1. The Morgan fingerprint density at radius 2 is 2.06 bits per heavy atom. The second-order valence-corrected chi connectivity index (χ2v) is 7.11. The van der Waals surface area contributed by atoms with E-state index in [1.807, 2.05) is 25.7 Å². The van der Waals surface area contributed by atoms with Crippen LogP contribution in [0.5, 0.6) is 0 Å². The van der Waals surface area contributed by atoms with Gasteiger partial charge in [-0.2, -0.15) is 0 Å². The Labute approximate surface area is 115 Å². The van der Waals surface area contributed by atoms with Crippen molar-refractivity contribution in [2.75, 3.05) is 6.54 Å². The highest BCUT2D eigenvalue weighted by atomic mass is 35.7. The zero-order valence-electron chi connectivity index (χ0n) is 10.7. The molecule has 0 bridgehead atoms. The van der Waals surface area contributed by atoms with E-state index < -0.39 is 10.4 Å². The van der Waals surface area contributed by atoms with E-state index >= 15 is 0 Å². The van der Waals surface area contributed by atoms with Crippen molar-refractivity contribution in [2.45, 2.75) is 37.6 Å². The maximum Gasteiger partial charge on any atom is 0.254 e. The Kier molecular flexibility index (Phi) is 3.63. The number of carbonyl (C=O) groups excluding carboxylic acids is 1. The average Bonchev–Trinajstić information content (AvgIpc) is 2.27. The minimum absolute atomic E-state index is 0.00674. The summed E-state index contributed by atoms with van der Waals surface area (Å²) in [4.78, 5) is 14.8. The molecule has 0 spiro atoms. The van der Waals surface area contributed by atoms with Crippen LogP contribution in [0.3, 0.4) is 0 Å². The van der Waals surface area contributed by atoms with Gasteiger partial charge in [0.15, 0.2) is 15.6 Å². The molecule has 0 saturated carbocycles. The molecule has 18 heavy (non-hydrogen) atoms. The van der Waals surface area contributed by atoms with Crippen molar-refractivity contribution >= 4 is 27.0 Å². The number of nitrogens with zero attached hydrogens (tertiary/aromatic N) is 1. The summed E-state index contributed by atoms with van der Waals surface area (Å²) >= 11 is 0. The van der Waals surface area contributed by atoms with Gasteiger partial charge in [0.25, 0.3) is 5.91 Å². The molecule has 0 saturated heterocycles. The number of benzene rings is 1. The molecule has 0 radical (unpaired) electrons. The zero-order valence-corrected chi connectivity index (χ0v) is 12.3. The van der Waals surface area contributed by atoms with Crippen LogP contribution in [0.1, 0.15) is 36.7 Å². The molecule has 98 valence electrons. The Balaban J connectivity index is 2.46. The fraction of sp³-hybridized carbons (Fsp3) is 0.462. The van der Waals surface area contributed by atoms with E-state index in [0.717, 1.165) is 5.56 Å². The molecule has 1 aliphatic rings. The fourth-order valence-corrected chi connectivity index (χ4v) is 3.31. The number of rotatable bonds is 1. The minimum Gasteiger partial charge on any atom is -0.594 e. The summed E-state index contributed by atoms with van der Waals surface area (Å²) in [6, 6.07) is 5.24. The van der Waals surface area contributed by atoms with Gasteiger partial charge in [0, 0.05) is 23.2 Å². The van der Waals surface area contributed by atoms with E-state index in [1.165, 1.54) is 0 Å². The molecule has 3 nitrogen and oxygen atoms in total. The van der Waals surface area contributed by atoms with E-state index in [-0.39, 0.29) is 11.4 Å². The maximum atomic E-state index is 12.4. The lowest BCUT2D eigenvalue weighted by molar-refractivity contribution is 0.0560. The van der Waals surface area contributed by atoms with Crippen LogP contribution in [0.25, 0.3) is 0 Å². The van der Waals surface area contributed by atoms with Gasteiger partial charge >= 0.3 is 0 Å². The predicted molar refractivity (Wildman–Crippen MR) is 73.2 cm³/mol. The molecule has 5 heteroatoms. The topological polar surface area (TPSA) is 43.4 Å². The molecule has 0 fully saturated rings. The lowest BCUT2D eigenvalue weighted by Crippen LogP contribution is -2.49. The van der Waals surface area contributed by atoms with Crippen molar-refractivity contribution in [3.05, 3.63) is 29.3 Å². The van der Waals surface area contributed by atoms with Crippen molar-refractivity contribution in [1.82, 2.24) is 4.90 Å². The second kappa shape index (κ2) is 4.76. The largest absolute Gasteiger partial charge is 0.594 e. The fourth-order valence-electron chi connectivity index (χ4n) is 2.28. The van der Waals surface area contributed by atoms with Gasteiger partial charge in [-0.15, -0.1) is 0 Å². The molecule has 1 unspecified atom stereocenters. The van der Waals surface area contributed by atoms with Crippen molar-refractivity contribution in [3.63, 3.8) is 0 Å². The van der Waals surface area contributed by atoms with E-state index in [1.54, 1.807) is 18.2 Å². The Morgan fingerprint density at radius 3 is 2.61 bits per heavy atom. The molecule has 0 N–H and O–H groups in total. The highest BCUT2D eigenvalue weighted by Crippen LogP contribution is 2.30. The number of fused-ring (bicyclic) bond motifs is 1. The van der Waals surface area contributed by atoms with Crippen molar-refractivity contribution in [2.24, 2.45) is 0 Å².